The number of hydrogen-bond donors (Lipinski definition) is 0. The lowest BCUT2D eigenvalue weighted by atomic mass is 10.1. The van der Waals surface area contributed by atoms with E-state index in [9.17, 15) is 8.42 Å². The largest absolute Gasteiger partial charge is 0.224 e. The van der Waals surface area contributed by atoms with Crippen molar-refractivity contribution in [1.29, 1.82) is 0 Å². The first kappa shape index (κ1) is 10.3. The summed E-state index contributed by atoms with van der Waals surface area (Å²) < 4.78 is 22.6. The lowest BCUT2D eigenvalue weighted by Crippen LogP contribution is -2.02. The van der Waals surface area contributed by atoms with Gasteiger partial charge in [0.1, 0.15) is 0 Å². The summed E-state index contributed by atoms with van der Waals surface area (Å²) in [4.78, 5) is 0.451. The Balaban J connectivity index is 3.41. The molecule has 0 bridgehead atoms. The van der Waals surface area contributed by atoms with Crippen molar-refractivity contribution >= 4 is 9.84 Å². The van der Waals surface area contributed by atoms with Crippen molar-refractivity contribution in [1.82, 2.24) is 0 Å². The molecule has 0 amide bonds. The van der Waals surface area contributed by atoms with Crippen LogP contribution in [0, 0.1) is 6.92 Å². The van der Waals surface area contributed by atoms with E-state index in [0.29, 0.717) is 4.90 Å². The fourth-order valence-electron chi connectivity index (χ4n) is 1.44. The average molecular weight is 198 g/mol. The quantitative estimate of drug-likeness (QED) is 0.728. The monoisotopic (exact) mass is 198 g/mol. The van der Waals surface area contributed by atoms with Crippen LogP contribution in [0.2, 0.25) is 0 Å². The first-order valence-corrected chi connectivity index (χ1v) is 6.14. The zero-order chi connectivity index (χ0) is 10.1. The summed E-state index contributed by atoms with van der Waals surface area (Å²) in [5.74, 6) is 0. The van der Waals surface area contributed by atoms with E-state index in [1.807, 2.05) is 19.9 Å². The van der Waals surface area contributed by atoms with E-state index in [-0.39, 0.29) is 0 Å². The van der Waals surface area contributed by atoms with E-state index in [2.05, 4.69) is 0 Å². The molecular weight excluding hydrogens is 184 g/mol. The van der Waals surface area contributed by atoms with Crippen LogP contribution in [0.15, 0.2) is 23.1 Å². The molecule has 1 rings (SSSR count). The fraction of sp³-hybridized carbons (Fsp3) is 0.400. The molecular formula is C10H14O2S. The summed E-state index contributed by atoms with van der Waals surface area (Å²) in [6.45, 7) is 3.88. The Labute approximate surface area is 79.5 Å². The van der Waals surface area contributed by atoms with Crippen molar-refractivity contribution in [3.05, 3.63) is 29.3 Å². The van der Waals surface area contributed by atoms with Gasteiger partial charge < -0.3 is 0 Å². The van der Waals surface area contributed by atoms with Gasteiger partial charge in [0.2, 0.25) is 0 Å². The fourth-order valence-corrected chi connectivity index (χ4v) is 2.46. The maximum Gasteiger partial charge on any atom is 0.175 e. The van der Waals surface area contributed by atoms with Crippen LogP contribution in [0.1, 0.15) is 18.1 Å². The summed E-state index contributed by atoms with van der Waals surface area (Å²) in [6, 6.07) is 5.41. The number of aryl methyl sites for hydroxylation is 1. The predicted octanol–water partition coefficient (Wildman–Crippen LogP) is 1.96. The number of sulfone groups is 1. The van der Waals surface area contributed by atoms with Crippen molar-refractivity contribution in [3.63, 3.8) is 0 Å². The third-order valence-corrected chi connectivity index (χ3v) is 3.42. The Morgan fingerprint density at radius 1 is 1.31 bits per heavy atom. The van der Waals surface area contributed by atoms with Gasteiger partial charge in [-0.3, -0.25) is 0 Å². The molecule has 0 aliphatic rings. The first-order valence-electron chi connectivity index (χ1n) is 4.25. The summed E-state index contributed by atoms with van der Waals surface area (Å²) >= 11 is 0. The number of rotatable bonds is 2. The van der Waals surface area contributed by atoms with E-state index >= 15 is 0 Å². The van der Waals surface area contributed by atoms with Crippen molar-refractivity contribution in [2.45, 2.75) is 25.2 Å². The molecule has 2 nitrogen and oxygen atoms in total. The molecule has 0 aromatic heterocycles. The zero-order valence-electron chi connectivity index (χ0n) is 8.16. The molecule has 13 heavy (non-hydrogen) atoms. The van der Waals surface area contributed by atoms with Gasteiger partial charge in [0, 0.05) is 6.26 Å². The van der Waals surface area contributed by atoms with Gasteiger partial charge in [0.25, 0.3) is 0 Å². The summed E-state index contributed by atoms with van der Waals surface area (Å²) in [5.41, 5.74) is 1.98. The van der Waals surface area contributed by atoms with Gasteiger partial charge in [-0.25, -0.2) is 8.42 Å². The lowest BCUT2D eigenvalue weighted by Gasteiger charge is -2.07. The van der Waals surface area contributed by atoms with Crippen LogP contribution in [-0.4, -0.2) is 14.7 Å². The van der Waals surface area contributed by atoms with Crippen LogP contribution in [-0.2, 0) is 16.3 Å². The van der Waals surface area contributed by atoms with E-state index in [0.717, 1.165) is 17.5 Å². The highest BCUT2D eigenvalue weighted by molar-refractivity contribution is 7.90. The Morgan fingerprint density at radius 2 is 1.92 bits per heavy atom. The van der Waals surface area contributed by atoms with Crippen LogP contribution < -0.4 is 0 Å². The first-order chi connectivity index (χ1) is 5.96. The predicted molar refractivity (Wildman–Crippen MR) is 53.7 cm³/mol. The molecule has 0 N–H and O–H groups in total. The van der Waals surface area contributed by atoms with Crippen molar-refractivity contribution < 1.29 is 8.42 Å². The molecule has 0 atom stereocenters. The average Bonchev–Trinajstić information content (AvgIpc) is 2.02. The minimum Gasteiger partial charge on any atom is -0.224 e. The minimum atomic E-state index is -3.07. The Bertz CT molecular complexity index is 405. The van der Waals surface area contributed by atoms with E-state index in [4.69, 9.17) is 0 Å². The number of hydrogen-bond acceptors (Lipinski definition) is 2. The lowest BCUT2D eigenvalue weighted by molar-refractivity contribution is 0.601. The molecule has 1 aromatic rings. The van der Waals surface area contributed by atoms with Crippen LogP contribution >= 0.6 is 0 Å². The van der Waals surface area contributed by atoms with Crippen LogP contribution in [0.25, 0.3) is 0 Å². The van der Waals surface area contributed by atoms with Gasteiger partial charge in [-0.05, 0) is 30.5 Å². The van der Waals surface area contributed by atoms with Gasteiger partial charge in [-0.2, -0.15) is 0 Å². The summed E-state index contributed by atoms with van der Waals surface area (Å²) in [6.07, 6.45) is 2.12. The smallest absolute Gasteiger partial charge is 0.175 e. The molecule has 0 unspecified atom stereocenters. The Hall–Kier alpha value is -0.830. The van der Waals surface area contributed by atoms with Gasteiger partial charge >= 0.3 is 0 Å². The second-order valence-corrected chi connectivity index (χ2v) is 5.15. The maximum atomic E-state index is 11.3. The van der Waals surface area contributed by atoms with Gasteiger partial charge in [0.15, 0.2) is 9.84 Å². The minimum absolute atomic E-state index is 0.451. The molecule has 0 radical (unpaired) electrons. The van der Waals surface area contributed by atoms with Crippen molar-refractivity contribution in [2.75, 3.05) is 6.26 Å². The summed E-state index contributed by atoms with van der Waals surface area (Å²) in [7, 11) is -3.07. The standard InChI is InChI=1S/C10H14O2S/c1-4-9-6-5-7-10(8(9)2)13(3,11)12/h5-7H,4H2,1-3H3. The molecule has 1 aromatic carbocycles. The van der Waals surface area contributed by atoms with Gasteiger partial charge in [-0.1, -0.05) is 19.1 Å². The van der Waals surface area contributed by atoms with E-state index < -0.39 is 9.84 Å². The second kappa shape index (κ2) is 3.50. The highest BCUT2D eigenvalue weighted by Crippen LogP contribution is 2.18. The molecule has 0 saturated heterocycles. The SMILES string of the molecule is CCc1cccc(S(C)(=O)=O)c1C. The van der Waals surface area contributed by atoms with Gasteiger partial charge in [0.05, 0.1) is 4.90 Å². The Morgan fingerprint density at radius 3 is 2.38 bits per heavy atom. The Kier molecular flexibility index (Phi) is 2.76. The van der Waals surface area contributed by atoms with Gasteiger partial charge in [-0.15, -0.1) is 0 Å². The highest BCUT2D eigenvalue weighted by atomic mass is 32.2. The third kappa shape index (κ3) is 2.10. The van der Waals surface area contributed by atoms with Crippen LogP contribution in [0.4, 0.5) is 0 Å². The molecule has 0 aliphatic heterocycles. The molecule has 3 heteroatoms. The normalized spacial score (nSPS) is 11.6. The molecule has 0 aliphatic carbocycles. The number of benzene rings is 1. The topological polar surface area (TPSA) is 34.1 Å². The van der Waals surface area contributed by atoms with E-state index in [1.54, 1.807) is 12.1 Å². The molecule has 72 valence electrons. The summed E-state index contributed by atoms with van der Waals surface area (Å²) in [5, 5.41) is 0. The molecule has 0 spiro atoms. The molecule has 0 fully saturated rings. The van der Waals surface area contributed by atoms with Crippen molar-refractivity contribution in [2.24, 2.45) is 0 Å². The van der Waals surface area contributed by atoms with Crippen LogP contribution in [0.5, 0.6) is 0 Å². The van der Waals surface area contributed by atoms with E-state index in [1.165, 1.54) is 6.26 Å². The van der Waals surface area contributed by atoms with Crippen LogP contribution in [0.3, 0.4) is 0 Å². The molecule has 0 saturated carbocycles. The zero-order valence-corrected chi connectivity index (χ0v) is 8.98. The maximum absolute atomic E-state index is 11.3. The van der Waals surface area contributed by atoms with Crippen molar-refractivity contribution in [3.8, 4) is 0 Å². The second-order valence-electron chi connectivity index (χ2n) is 3.17. The third-order valence-electron chi connectivity index (χ3n) is 2.18. The molecule has 0 heterocycles. The highest BCUT2D eigenvalue weighted by Gasteiger charge is 2.11.